The summed E-state index contributed by atoms with van der Waals surface area (Å²) in [4.78, 5) is 13.8. The standard InChI is InChI=1S/C12H11NO2/c1-2-7-15-10-4-5-11-9(8-10)3-6-12(14)13-11/h2-6,8H,1,7H2,(H,13,14). The van der Waals surface area contributed by atoms with Crippen molar-refractivity contribution in [3.63, 3.8) is 0 Å². The maximum absolute atomic E-state index is 11.0. The molecule has 3 heteroatoms. The molecule has 1 aromatic carbocycles. The Morgan fingerprint density at radius 2 is 2.20 bits per heavy atom. The first-order valence-corrected chi connectivity index (χ1v) is 4.66. The fourth-order valence-corrected chi connectivity index (χ4v) is 1.38. The Labute approximate surface area is 87.0 Å². The minimum Gasteiger partial charge on any atom is -0.490 e. The SMILES string of the molecule is C=CCOc1ccc2[nH]c(=O)ccc2c1. The second-order valence-electron chi connectivity index (χ2n) is 3.17. The highest BCUT2D eigenvalue weighted by Crippen LogP contribution is 2.17. The zero-order valence-electron chi connectivity index (χ0n) is 8.19. The van der Waals surface area contributed by atoms with Gasteiger partial charge in [0.25, 0.3) is 0 Å². The number of benzene rings is 1. The number of rotatable bonds is 3. The van der Waals surface area contributed by atoms with Gasteiger partial charge in [0.1, 0.15) is 12.4 Å². The molecule has 15 heavy (non-hydrogen) atoms. The lowest BCUT2D eigenvalue weighted by molar-refractivity contribution is 0.364. The number of fused-ring (bicyclic) bond motifs is 1. The fraction of sp³-hybridized carbons (Fsp3) is 0.0833. The van der Waals surface area contributed by atoms with Crippen LogP contribution in [0.4, 0.5) is 0 Å². The van der Waals surface area contributed by atoms with E-state index in [2.05, 4.69) is 11.6 Å². The van der Waals surface area contributed by atoms with Crippen molar-refractivity contribution in [3.05, 3.63) is 53.3 Å². The van der Waals surface area contributed by atoms with Crippen molar-refractivity contribution < 1.29 is 4.74 Å². The van der Waals surface area contributed by atoms with Gasteiger partial charge in [-0.2, -0.15) is 0 Å². The summed E-state index contributed by atoms with van der Waals surface area (Å²) in [6, 6.07) is 8.81. The Bertz CT molecular complexity index is 543. The van der Waals surface area contributed by atoms with Crippen molar-refractivity contribution >= 4 is 10.9 Å². The lowest BCUT2D eigenvalue weighted by Crippen LogP contribution is -2.02. The molecule has 0 aliphatic heterocycles. The van der Waals surface area contributed by atoms with Crippen LogP contribution in [0.25, 0.3) is 10.9 Å². The average Bonchev–Trinajstić information content (AvgIpc) is 2.26. The third-order valence-electron chi connectivity index (χ3n) is 2.06. The van der Waals surface area contributed by atoms with Crippen molar-refractivity contribution in [2.24, 2.45) is 0 Å². The van der Waals surface area contributed by atoms with E-state index < -0.39 is 0 Å². The third kappa shape index (κ3) is 2.07. The van der Waals surface area contributed by atoms with Crippen LogP contribution in [0.3, 0.4) is 0 Å². The summed E-state index contributed by atoms with van der Waals surface area (Å²) in [5.74, 6) is 0.773. The molecule has 0 unspecified atom stereocenters. The van der Waals surface area contributed by atoms with E-state index in [0.717, 1.165) is 16.7 Å². The van der Waals surface area contributed by atoms with Crippen LogP contribution in [0, 0.1) is 0 Å². The first-order valence-electron chi connectivity index (χ1n) is 4.66. The molecular weight excluding hydrogens is 190 g/mol. The Morgan fingerprint density at radius 3 is 3.00 bits per heavy atom. The number of aromatic nitrogens is 1. The number of H-pyrrole nitrogens is 1. The summed E-state index contributed by atoms with van der Waals surface area (Å²) in [6.45, 7) is 4.06. The second kappa shape index (κ2) is 4.00. The van der Waals surface area contributed by atoms with Crippen LogP contribution >= 0.6 is 0 Å². The summed E-state index contributed by atoms with van der Waals surface area (Å²) < 4.78 is 5.38. The molecule has 0 bridgehead atoms. The number of nitrogens with one attached hydrogen (secondary N) is 1. The Kier molecular flexibility index (Phi) is 2.54. The van der Waals surface area contributed by atoms with Crippen LogP contribution in [0.2, 0.25) is 0 Å². The molecule has 1 N–H and O–H groups in total. The molecule has 0 atom stereocenters. The zero-order valence-corrected chi connectivity index (χ0v) is 8.19. The molecular formula is C12H11NO2. The van der Waals surface area contributed by atoms with Gasteiger partial charge in [0.15, 0.2) is 0 Å². The van der Waals surface area contributed by atoms with Gasteiger partial charge in [-0.05, 0) is 24.3 Å². The largest absolute Gasteiger partial charge is 0.490 e. The smallest absolute Gasteiger partial charge is 0.248 e. The summed E-state index contributed by atoms with van der Waals surface area (Å²) in [7, 11) is 0. The summed E-state index contributed by atoms with van der Waals surface area (Å²) in [5.41, 5.74) is 0.718. The number of ether oxygens (including phenoxy) is 1. The first-order chi connectivity index (χ1) is 7.29. The molecule has 0 spiro atoms. The molecule has 0 fully saturated rings. The van der Waals surface area contributed by atoms with Gasteiger partial charge in [-0.25, -0.2) is 0 Å². The van der Waals surface area contributed by atoms with Crippen molar-refractivity contribution in [1.82, 2.24) is 4.98 Å². The number of pyridine rings is 1. The zero-order chi connectivity index (χ0) is 10.7. The molecule has 0 saturated carbocycles. The van der Waals surface area contributed by atoms with Crippen LogP contribution in [0.15, 0.2) is 47.8 Å². The Balaban J connectivity index is 2.43. The van der Waals surface area contributed by atoms with E-state index >= 15 is 0 Å². The van der Waals surface area contributed by atoms with Gasteiger partial charge in [-0.1, -0.05) is 12.7 Å². The Hall–Kier alpha value is -2.03. The summed E-state index contributed by atoms with van der Waals surface area (Å²) >= 11 is 0. The van der Waals surface area contributed by atoms with E-state index in [-0.39, 0.29) is 5.56 Å². The molecule has 0 radical (unpaired) electrons. The van der Waals surface area contributed by atoms with Gasteiger partial charge in [0, 0.05) is 17.0 Å². The van der Waals surface area contributed by atoms with Crippen molar-refractivity contribution in [2.75, 3.05) is 6.61 Å². The van der Waals surface area contributed by atoms with Crippen LogP contribution in [0.5, 0.6) is 5.75 Å². The van der Waals surface area contributed by atoms with Crippen LogP contribution in [-0.4, -0.2) is 11.6 Å². The maximum atomic E-state index is 11.0. The van der Waals surface area contributed by atoms with Gasteiger partial charge in [0.05, 0.1) is 0 Å². The number of aromatic amines is 1. The third-order valence-corrected chi connectivity index (χ3v) is 2.06. The molecule has 2 rings (SSSR count). The molecule has 0 amide bonds. The van der Waals surface area contributed by atoms with Gasteiger partial charge < -0.3 is 9.72 Å². The second-order valence-corrected chi connectivity index (χ2v) is 3.17. The van der Waals surface area contributed by atoms with E-state index in [0.29, 0.717) is 6.61 Å². The minimum atomic E-state index is -0.0951. The molecule has 1 aromatic heterocycles. The van der Waals surface area contributed by atoms with Crippen LogP contribution in [-0.2, 0) is 0 Å². The van der Waals surface area contributed by atoms with E-state index in [9.17, 15) is 4.79 Å². The fourth-order valence-electron chi connectivity index (χ4n) is 1.38. The summed E-state index contributed by atoms with van der Waals surface area (Å²) in [5, 5.41) is 0.955. The molecule has 2 aromatic rings. The maximum Gasteiger partial charge on any atom is 0.248 e. The lowest BCUT2D eigenvalue weighted by Gasteiger charge is -2.04. The van der Waals surface area contributed by atoms with Gasteiger partial charge >= 0.3 is 0 Å². The van der Waals surface area contributed by atoms with Crippen molar-refractivity contribution in [2.45, 2.75) is 0 Å². The monoisotopic (exact) mass is 201 g/mol. The topological polar surface area (TPSA) is 42.1 Å². The quantitative estimate of drug-likeness (QED) is 0.772. The van der Waals surface area contributed by atoms with Gasteiger partial charge in [-0.3, -0.25) is 4.79 Å². The summed E-state index contributed by atoms with van der Waals surface area (Å²) in [6.07, 6.45) is 1.69. The van der Waals surface area contributed by atoms with E-state index in [1.807, 2.05) is 18.2 Å². The number of hydrogen-bond donors (Lipinski definition) is 1. The molecule has 1 heterocycles. The molecule has 0 aliphatic carbocycles. The van der Waals surface area contributed by atoms with E-state index in [4.69, 9.17) is 4.74 Å². The first kappa shape index (κ1) is 9.52. The minimum absolute atomic E-state index is 0.0951. The molecule has 0 aliphatic rings. The predicted molar refractivity (Wildman–Crippen MR) is 60.3 cm³/mol. The van der Waals surface area contributed by atoms with Gasteiger partial charge in [0.2, 0.25) is 5.56 Å². The van der Waals surface area contributed by atoms with Gasteiger partial charge in [-0.15, -0.1) is 0 Å². The van der Waals surface area contributed by atoms with Crippen molar-refractivity contribution in [3.8, 4) is 5.75 Å². The highest BCUT2D eigenvalue weighted by atomic mass is 16.5. The lowest BCUT2D eigenvalue weighted by atomic mass is 10.2. The van der Waals surface area contributed by atoms with E-state index in [1.165, 1.54) is 6.07 Å². The van der Waals surface area contributed by atoms with Crippen molar-refractivity contribution in [1.29, 1.82) is 0 Å². The highest BCUT2D eigenvalue weighted by Gasteiger charge is 1.97. The predicted octanol–water partition coefficient (Wildman–Crippen LogP) is 2.09. The van der Waals surface area contributed by atoms with Crippen LogP contribution in [0.1, 0.15) is 0 Å². The average molecular weight is 201 g/mol. The normalized spacial score (nSPS) is 10.1. The Morgan fingerprint density at radius 1 is 1.33 bits per heavy atom. The van der Waals surface area contributed by atoms with E-state index in [1.54, 1.807) is 12.1 Å². The molecule has 76 valence electrons. The van der Waals surface area contributed by atoms with Crippen LogP contribution < -0.4 is 10.3 Å². The number of hydrogen-bond acceptors (Lipinski definition) is 2. The molecule has 3 nitrogen and oxygen atoms in total. The molecule has 0 saturated heterocycles. The highest BCUT2D eigenvalue weighted by molar-refractivity contribution is 5.79.